The fourth-order valence-corrected chi connectivity index (χ4v) is 3.42. The summed E-state index contributed by atoms with van der Waals surface area (Å²) in [6.07, 6.45) is 4.27. The molecule has 1 fully saturated rings. The number of nitro groups is 1. The third-order valence-corrected chi connectivity index (χ3v) is 4.30. The molecule has 1 heterocycles. The van der Waals surface area contributed by atoms with Crippen LogP contribution in [0.1, 0.15) is 12.0 Å². The van der Waals surface area contributed by atoms with Crippen molar-refractivity contribution >= 4 is 5.90 Å². The molecule has 1 saturated carbocycles. The average molecular weight is 256 g/mol. The van der Waals surface area contributed by atoms with Gasteiger partial charge in [0.1, 0.15) is 0 Å². The van der Waals surface area contributed by atoms with Gasteiger partial charge >= 0.3 is 5.66 Å². The molecule has 0 unspecified atom stereocenters. The molecule has 1 aromatic rings. The van der Waals surface area contributed by atoms with E-state index in [0.29, 0.717) is 5.90 Å². The first-order valence-corrected chi connectivity index (χ1v) is 6.36. The van der Waals surface area contributed by atoms with Gasteiger partial charge in [0.25, 0.3) is 0 Å². The molecule has 0 radical (unpaired) electrons. The summed E-state index contributed by atoms with van der Waals surface area (Å²) >= 11 is 0. The predicted molar refractivity (Wildman–Crippen MR) is 68.3 cm³/mol. The van der Waals surface area contributed by atoms with Crippen molar-refractivity contribution in [1.29, 1.82) is 0 Å². The Bertz CT molecular complexity index is 610. The van der Waals surface area contributed by atoms with Gasteiger partial charge in [-0.05, 0) is 18.6 Å². The highest BCUT2D eigenvalue weighted by Crippen LogP contribution is 2.53. The molecule has 1 aromatic carbocycles. The minimum absolute atomic E-state index is 0.111. The Labute approximate surface area is 109 Å². The first-order valence-electron chi connectivity index (χ1n) is 6.36. The van der Waals surface area contributed by atoms with Crippen molar-refractivity contribution in [2.24, 2.45) is 16.8 Å². The number of benzene rings is 1. The summed E-state index contributed by atoms with van der Waals surface area (Å²) in [7, 11) is 0. The Hall–Kier alpha value is -2.17. The highest BCUT2D eigenvalue weighted by atomic mass is 16.6. The second-order valence-corrected chi connectivity index (χ2v) is 5.25. The molecule has 1 aliphatic heterocycles. The third-order valence-electron chi connectivity index (χ3n) is 4.30. The zero-order valence-electron chi connectivity index (χ0n) is 10.1. The lowest BCUT2D eigenvalue weighted by Crippen LogP contribution is -2.48. The molecule has 2 aliphatic carbocycles. The van der Waals surface area contributed by atoms with Crippen molar-refractivity contribution in [2.75, 3.05) is 0 Å². The Morgan fingerprint density at radius 2 is 2.11 bits per heavy atom. The lowest BCUT2D eigenvalue weighted by molar-refractivity contribution is -0.580. The SMILES string of the molecule is O=[N+]([O-])[C@@]12N=C(c3ccccc3)O[C@@H]1[C@H]1C=C[C@@H]2C1. The van der Waals surface area contributed by atoms with Gasteiger partial charge in [0.2, 0.25) is 5.90 Å². The molecule has 0 saturated heterocycles. The predicted octanol–water partition coefficient (Wildman–Crippen LogP) is 2.01. The molecule has 0 amide bonds. The van der Waals surface area contributed by atoms with Crippen LogP contribution in [0.15, 0.2) is 47.5 Å². The van der Waals surface area contributed by atoms with Gasteiger partial charge in [-0.15, -0.1) is 0 Å². The number of aliphatic imine (C=N–C) groups is 1. The number of hydrogen-bond acceptors (Lipinski definition) is 4. The van der Waals surface area contributed by atoms with E-state index < -0.39 is 11.8 Å². The molecule has 5 nitrogen and oxygen atoms in total. The smallest absolute Gasteiger partial charge is 0.359 e. The molecular formula is C14H12N2O3. The zero-order valence-corrected chi connectivity index (χ0v) is 10.1. The van der Waals surface area contributed by atoms with E-state index in [1.165, 1.54) is 0 Å². The number of hydrogen-bond donors (Lipinski definition) is 0. The Morgan fingerprint density at radius 3 is 2.79 bits per heavy atom. The van der Waals surface area contributed by atoms with Gasteiger partial charge in [-0.3, -0.25) is 10.1 Å². The van der Waals surface area contributed by atoms with Crippen LogP contribution in [-0.2, 0) is 4.74 Å². The van der Waals surface area contributed by atoms with Gasteiger partial charge in [-0.1, -0.05) is 30.4 Å². The van der Waals surface area contributed by atoms with Crippen molar-refractivity contribution in [3.8, 4) is 0 Å². The van der Waals surface area contributed by atoms with Crippen molar-refractivity contribution in [1.82, 2.24) is 0 Å². The summed E-state index contributed by atoms with van der Waals surface area (Å²) in [4.78, 5) is 15.7. The zero-order chi connectivity index (χ0) is 13.0. The van der Waals surface area contributed by atoms with Crippen LogP contribution in [-0.4, -0.2) is 22.6 Å². The largest absolute Gasteiger partial charge is 0.463 e. The van der Waals surface area contributed by atoms with Gasteiger partial charge in [-0.25, -0.2) is 0 Å². The van der Waals surface area contributed by atoms with Crippen molar-refractivity contribution in [3.05, 3.63) is 58.2 Å². The van der Waals surface area contributed by atoms with Crippen LogP contribution < -0.4 is 0 Å². The molecule has 4 rings (SSSR count). The van der Waals surface area contributed by atoms with Crippen LogP contribution in [0.25, 0.3) is 0 Å². The van der Waals surface area contributed by atoms with E-state index in [-0.39, 0.29) is 16.8 Å². The van der Waals surface area contributed by atoms with Crippen molar-refractivity contribution in [3.63, 3.8) is 0 Å². The fourth-order valence-electron chi connectivity index (χ4n) is 3.42. The lowest BCUT2D eigenvalue weighted by atomic mass is 9.92. The first kappa shape index (κ1) is 10.7. The maximum absolute atomic E-state index is 11.6. The summed E-state index contributed by atoms with van der Waals surface area (Å²) in [5.74, 6) is 0.375. The van der Waals surface area contributed by atoms with Crippen LogP contribution in [0.2, 0.25) is 0 Å². The third kappa shape index (κ3) is 1.22. The minimum atomic E-state index is -1.30. The number of ether oxygens (including phenoxy) is 1. The van der Waals surface area contributed by atoms with E-state index in [2.05, 4.69) is 4.99 Å². The molecule has 0 aromatic heterocycles. The van der Waals surface area contributed by atoms with Gasteiger partial charge in [0.15, 0.2) is 6.10 Å². The standard InChI is InChI=1S/C14H12N2O3/c17-16(18)14-11-7-6-10(8-11)12(14)19-13(15-14)9-4-2-1-3-5-9/h1-7,10-12H,8H2/t10-,11+,12+,14+/m0/s1. The van der Waals surface area contributed by atoms with Crippen LogP contribution in [0.3, 0.4) is 0 Å². The van der Waals surface area contributed by atoms with Gasteiger partial charge in [-0.2, -0.15) is 4.99 Å². The molecular weight excluding hydrogens is 244 g/mol. The molecule has 96 valence electrons. The number of nitrogens with zero attached hydrogens (tertiary/aromatic N) is 2. The highest BCUT2D eigenvalue weighted by molar-refractivity contribution is 5.95. The molecule has 0 spiro atoms. The summed E-state index contributed by atoms with van der Waals surface area (Å²) in [5.41, 5.74) is -0.498. The Morgan fingerprint density at radius 1 is 1.32 bits per heavy atom. The minimum Gasteiger partial charge on any atom is -0.463 e. The first-order chi connectivity index (χ1) is 9.22. The van der Waals surface area contributed by atoms with E-state index in [0.717, 1.165) is 12.0 Å². The Balaban J connectivity index is 1.82. The van der Waals surface area contributed by atoms with Crippen LogP contribution in [0.5, 0.6) is 0 Å². The molecule has 4 atom stereocenters. The molecule has 2 bridgehead atoms. The monoisotopic (exact) mass is 256 g/mol. The maximum atomic E-state index is 11.6. The molecule has 3 aliphatic rings. The van der Waals surface area contributed by atoms with Crippen LogP contribution in [0.4, 0.5) is 0 Å². The Kier molecular flexibility index (Phi) is 1.94. The average Bonchev–Trinajstić information content (AvgIpc) is 3.10. The lowest BCUT2D eigenvalue weighted by Gasteiger charge is -2.23. The molecule has 19 heavy (non-hydrogen) atoms. The topological polar surface area (TPSA) is 64.7 Å². The normalized spacial score (nSPS) is 37.9. The van der Waals surface area contributed by atoms with Gasteiger partial charge in [0.05, 0.1) is 10.8 Å². The number of fused-ring (bicyclic) bond motifs is 5. The molecule has 5 heteroatoms. The number of rotatable bonds is 2. The van der Waals surface area contributed by atoms with E-state index in [1.807, 2.05) is 42.5 Å². The van der Waals surface area contributed by atoms with E-state index in [4.69, 9.17) is 4.74 Å². The van der Waals surface area contributed by atoms with Gasteiger partial charge < -0.3 is 4.74 Å². The highest BCUT2D eigenvalue weighted by Gasteiger charge is 2.70. The molecule has 0 N–H and O–H groups in total. The van der Waals surface area contributed by atoms with Crippen molar-refractivity contribution < 1.29 is 9.66 Å². The fraction of sp³-hybridized carbons (Fsp3) is 0.357. The van der Waals surface area contributed by atoms with E-state index in [1.54, 1.807) is 0 Å². The van der Waals surface area contributed by atoms with E-state index >= 15 is 0 Å². The summed E-state index contributed by atoms with van der Waals surface area (Å²) in [6, 6.07) is 9.38. The quantitative estimate of drug-likeness (QED) is 0.462. The van der Waals surface area contributed by atoms with Crippen LogP contribution in [0, 0.1) is 22.0 Å². The summed E-state index contributed by atoms with van der Waals surface area (Å²) in [6.45, 7) is 0. The second kappa shape index (κ2) is 3.44. The summed E-state index contributed by atoms with van der Waals surface area (Å²) < 4.78 is 5.83. The van der Waals surface area contributed by atoms with Gasteiger partial charge in [0, 0.05) is 11.5 Å². The van der Waals surface area contributed by atoms with Crippen LogP contribution >= 0.6 is 0 Å². The summed E-state index contributed by atoms with van der Waals surface area (Å²) in [5, 5.41) is 11.6. The maximum Gasteiger partial charge on any atom is 0.359 e. The van der Waals surface area contributed by atoms with Crippen molar-refractivity contribution in [2.45, 2.75) is 18.2 Å². The van der Waals surface area contributed by atoms with E-state index in [9.17, 15) is 10.1 Å². The second-order valence-electron chi connectivity index (χ2n) is 5.25.